The zero-order valence-electron chi connectivity index (χ0n) is 51.1. The van der Waals surface area contributed by atoms with Crippen LogP contribution in [0.5, 0.6) is 0 Å². The molecule has 0 N–H and O–H groups in total. The molecule has 11 rings (SSSR count). The van der Waals surface area contributed by atoms with Crippen molar-refractivity contribution in [2.75, 3.05) is 0 Å². The Bertz CT molecular complexity index is 4600. The van der Waals surface area contributed by atoms with Gasteiger partial charge >= 0.3 is 0 Å². The van der Waals surface area contributed by atoms with E-state index < -0.39 is 246 Å². The number of nitrogens with zero attached hydrogens (tertiary/aromatic N) is 4. The van der Waals surface area contributed by atoms with Crippen LogP contribution in [0.15, 0.2) is 166 Å². The van der Waals surface area contributed by atoms with E-state index in [0.29, 0.717) is 0 Å². The van der Waals surface area contributed by atoms with Crippen molar-refractivity contribution in [1.82, 2.24) is 19.5 Å². The molecule has 0 amide bonds. The molecule has 238 valence electrons. The van der Waals surface area contributed by atoms with Gasteiger partial charge in [0.15, 0.2) is 11.6 Å². The minimum Gasteiger partial charge on any atom is -0.456 e. The second-order valence-corrected chi connectivity index (χ2v) is 10.8. The van der Waals surface area contributed by atoms with Gasteiger partial charge in [-0.1, -0.05) is 121 Å². The second-order valence-electron chi connectivity index (χ2n) is 10.8. The molecule has 0 radical (unpaired) electrons. The zero-order chi connectivity index (χ0) is 56.1. The molecule has 6 nitrogen and oxygen atoms in total. The molecule has 0 spiro atoms. The van der Waals surface area contributed by atoms with Crippen LogP contribution in [0.3, 0.4) is 0 Å². The summed E-state index contributed by atoms with van der Waals surface area (Å²) < 4.78 is 242. The summed E-state index contributed by atoms with van der Waals surface area (Å²) in [6.07, 6.45) is 0. The summed E-state index contributed by atoms with van der Waals surface area (Å²) >= 11 is 0. The molecule has 0 aliphatic carbocycles. The molecule has 0 bridgehead atoms. The van der Waals surface area contributed by atoms with Gasteiger partial charge in [-0.25, -0.2) is 4.98 Å². The largest absolute Gasteiger partial charge is 0.456 e. The van der Waals surface area contributed by atoms with Gasteiger partial charge in [-0.2, -0.15) is 9.97 Å². The normalized spacial score (nSPS) is 19.1. The fraction of sp³-hybridized carbons (Fsp3) is 0. The monoisotopic (exact) mass is 680 g/mol. The van der Waals surface area contributed by atoms with Crippen molar-refractivity contribution in [3.8, 4) is 39.9 Å². The van der Waals surface area contributed by atoms with Gasteiger partial charge in [-0.15, -0.1) is 0 Å². The van der Waals surface area contributed by atoms with E-state index in [1.165, 1.54) is 0 Å². The Hall–Kier alpha value is -7.05. The Labute approximate surface area is 327 Å². The maximum Gasteiger partial charge on any atom is 0.238 e. The Morgan fingerprint density at radius 3 is 1.90 bits per heavy atom. The van der Waals surface area contributed by atoms with Gasteiger partial charge < -0.3 is 8.83 Å². The first-order valence-corrected chi connectivity index (χ1v) is 14.8. The van der Waals surface area contributed by atoms with Gasteiger partial charge in [0.05, 0.1) is 52.1 Å². The number of rotatable bonds is 4. The predicted molar refractivity (Wildman–Crippen MR) is 205 cm³/mol. The summed E-state index contributed by atoms with van der Waals surface area (Å²) in [5, 5.41) is -2.47. The molecule has 51 heavy (non-hydrogen) atoms. The predicted octanol–water partition coefficient (Wildman–Crippen LogP) is 11.8. The number of hydrogen-bond donors (Lipinski definition) is 0. The fourth-order valence-electron chi connectivity index (χ4n) is 5.91. The molecular weight excluding hydrogens is 629 g/mol. The number of furan rings is 2. The molecule has 4 aromatic heterocycles. The molecule has 0 aliphatic heterocycles. The third-order valence-electron chi connectivity index (χ3n) is 8.06. The molecule has 0 saturated heterocycles. The van der Waals surface area contributed by atoms with Crippen LogP contribution < -0.4 is 0 Å². The van der Waals surface area contributed by atoms with Crippen LogP contribution in [0, 0.1) is 0 Å². The molecular formula is C45H26N4O2. The average Bonchev–Trinajstić information content (AvgIpc) is 4.14. The first-order valence-electron chi connectivity index (χ1n) is 27.8. The van der Waals surface area contributed by atoms with E-state index in [4.69, 9.17) is 32.1 Å². The van der Waals surface area contributed by atoms with Crippen LogP contribution in [0.25, 0.3) is 106 Å². The second kappa shape index (κ2) is 10.7. The smallest absolute Gasteiger partial charge is 0.238 e. The summed E-state index contributed by atoms with van der Waals surface area (Å²) in [4.78, 5) is 13.6. The first-order chi connectivity index (χ1) is 36.1. The van der Waals surface area contributed by atoms with Crippen LogP contribution >= 0.6 is 0 Å². The van der Waals surface area contributed by atoms with Crippen molar-refractivity contribution in [1.29, 1.82) is 0 Å². The highest BCUT2D eigenvalue weighted by Crippen LogP contribution is 2.41. The molecule has 0 aliphatic rings. The molecule has 11 aromatic rings. The third-order valence-corrected chi connectivity index (χ3v) is 8.06. The van der Waals surface area contributed by atoms with E-state index in [1.807, 2.05) is 0 Å². The van der Waals surface area contributed by atoms with Gasteiger partial charge in [-0.3, -0.25) is 4.57 Å². The number of hydrogen-bond acceptors (Lipinski definition) is 5. The number of fused-ring (bicyclic) bond motifs is 10. The quantitative estimate of drug-likeness (QED) is 0.185. The minimum atomic E-state index is -1.03. The Morgan fingerprint density at radius 1 is 0.412 bits per heavy atom. The number of para-hydroxylation sites is 3. The Morgan fingerprint density at radius 2 is 1.06 bits per heavy atom. The van der Waals surface area contributed by atoms with Crippen LogP contribution in [0.1, 0.15) is 35.6 Å². The highest BCUT2D eigenvalue weighted by atomic mass is 16.3. The summed E-state index contributed by atoms with van der Waals surface area (Å²) in [5.41, 5.74) is -6.16. The van der Waals surface area contributed by atoms with Crippen LogP contribution in [0.4, 0.5) is 0 Å². The Balaban J connectivity index is 1.38. The Kier molecular flexibility index (Phi) is 2.67. The SMILES string of the molecule is [2H]c1c([2H])c([2H])c(-c2c([2H])c([2H])c(-c3nc(-c4c([2H])c([2H])c([2H])c5oc6c([2H])c([2H])c([2H])c([2H])c6c45)nc(-n4c5c([2H])c([2H])c([2H])c([2H])c5c5c6oc7c([2H])c([2H])c([2H])c([2H])c7c6c([2H])c([2H])c54)n3)c([2H])c2[2H])c([2H])c1[2H]. The summed E-state index contributed by atoms with van der Waals surface area (Å²) in [5.74, 6) is -2.57. The lowest BCUT2D eigenvalue weighted by Crippen LogP contribution is -2.06. The average molecular weight is 681 g/mol. The van der Waals surface area contributed by atoms with Gasteiger partial charge in [0.2, 0.25) is 5.95 Å². The molecule has 0 unspecified atom stereocenters. The summed E-state index contributed by atoms with van der Waals surface area (Å²) in [6.45, 7) is 0. The van der Waals surface area contributed by atoms with Gasteiger partial charge in [-0.05, 0) is 47.4 Å². The van der Waals surface area contributed by atoms with Gasteiger partial charge in [0.25, 0.3) is 0 Å². The lowest BCUT2D eigenvalue weighted by Gasteiger charge is -2.12. The first kappa shape index (κ1) is 12.7. The molecule has 0 fully saturated rings. The molecule has 7 aromatic carbocycles. The van der Waals surface area contributed by atoms with Crippen molar-refractivity contribution < 1.29 is 44.5 Å². The molecule has 0 saturated carbocycles. The molecule has 6 heteroatoms. The molecule has 0 atom stereocenters. The van der Waals surface area contributed by atoms with E-state index in [1.54, 1.807) is 0 Å². The van der Waals surface area contributed by atoms with Crippen LogP contribution in [-0.2, 0) is 0 Å². The number of benzene rings is 7. The van der Waals surface area contributed by atoms with Crippen LogP contribution in [0.2, 0.25) is 0 Å². The van der Waals surface area contributed by atoms with Crippen molar-refractivity contribution >= 4 is 65.7 Å². The van der Waals surface area contributed by atoms with Gasteiger partial charge in [0.1, 0.15) is 22.3 Å². The van der Waals surface area contributed by atoms with E-state index in [9.17, 15) is 12.3 Å². The topological polar surface area (TPSA) is 69.9 Å². The maximum absolute atomic E-state index is 9.60. The minimum absolute atomic E-state index is 0.352. The fourth-order valence-corrected chi connectivity index (χ4v) is 5.91. The molecule has 4 heterocycles. The van der Waals surface area contributed by atoms with Crippen LogP contribution in [-0.4, -0.2) is 19.5 Å². The van der Waals surface area contributed by atoms with E-state index in [2.05, 4.69) is 15.0 Å². The number of aromatic nitrogens is 4. The van der Waals surface area contributed by atoms with E-state index >= 15 is 0 Å². The lowest BCUT2D eigenvalue weighted by atomic mass is 10.0. The lowest BCUT2D eigenvalue weighted by molar-refractivity contribution is 0.669. The highest BCUT2D eigenvalue weighted by Gasteiger charge is 2.22. The highest BCUT2D eigenvalue weighted by molar-refractivity contribution is 6.23. The van der Waals surface area contributed by atoms with Crippen molar-refractivity contribution in [2.24, 2.45) is 0 Å². The maximum atomic E-state index is 9.60. The van der Waals surface area contributed by atoms with E-state index in [-0.39, 0.29) is 16.2 Å². The standard InChI is InChI=1S/C45H26N4O2/c1-2-11-27(12-3-1)28-21-23-29(24-22-28)43-46-44(34-16-10-20-39-40(34)33-15-6-9-19-38(33)50-39)48-45(47-43)49-35-17-7-4-14-32(35)41-36(49)26-25-31-30-13-5-8-18-37(30)51-42(31)41/h1-26H/i1D,2D,3D,4D,5D,6D,7D,8D,9D,10D,11D,12D,13D,14D,15D,16D,17D,18D,19D,20D,21D,22D,23D,24D,25D,26D. The van der Waals surface area contributed by atoms with Crippen molar-refractivity contribution in [2.45, 2.75) is 0 Å². The summed E-state index contributed by atoms with van der Waals surface area (Å²) in [7, 11) is 0. The van der Waals surface area contributed by atoms with Crippen molar-refractivity contribution in [3.63, 3.8) is 0 Å². The van der Waals surface area contributed by atoms with Gasteiger partial charge in [0, 0.05) is 38.1 Å². The van der Waals surface area contributed by atoms with Crippen molar-refractivity contribution in [3.05, 3.63) is 157 Å². The summed E-state index contributed by atoms with van der Waals surface area (Å²) in [6, 6.07) is -21.9. The van der Waals surface area contributed by atoms with E-state index in [0.717, 1.165) is 4.57 Å². The third kappa shape index (κ3) is 4.20. The zero-order valence-corrected chi connectivity index (χ0v) is 25.1.